The Morgan fingerprint density at radius 3 is 1.80 bits per heavy atom. The van der Waals surface area contributed by atoms with Gasteiger partial charge in [-0.2, -0.15) is 0 Å². The average molecular weight is 348 g/mol. The van der Waals surface area contributed by atoms with Crippen molar-refractivity contribution in [3.05, 3.63) is 83.4 Å². The molecular weight excluding hydrogens is 330 g/mol. The fourth-order valence-electron chi connectivity index (χ4n) is 3.26. The van der Waals surface area contributed by atoms with Crippen molar-refractivity contribution in [3.63, 3.8) is 0 Å². The molecule has 0 bridgehead atoms. The van der Waals surface area contributed by atoms with Crippen molar-refractivity contribution in [2.24, 2.45) is 0 Å². The van der Waals surface area contributed by atoms with Crippen molar-refractivity contribution in [2.45, 2.75) is 6.54 Å². The molecule has 0 aromatic heterocycles. The second kappa shape index (κ2) is 6.66. The van der Waals surface area contributed by atoms with Crippen molar-refractivity contribution < 1.29 is 4.74 Å². The Morgan fingerprint density at radius 2 is 1.28 bits per heavy atom. The van der Waals surface area contributed by atoms with Crippen LogP contribution in [-0.2, 0) is 6.54 Å². The minimum atomic E-state index is 0.727. The molecule has 0 amide bonds. The molecule has 3 heteroatoms. The number of methoxy groups -OCH3 is 1. The molecule has 25 heavy (non-hydrogen) atoms. The number of halogens is 1. The van der Waals surface area contributed by atoms with E-state index in [2.05, 4.69) is 41.7 Å². The van der Waals surface area contributed by atoms with Crippen LogP contribution in [0.1, 0.15) is 5.56 Å². The Kier molecular flexibility index (Phi) is 4.21. The number of ether oxygens (including phenoxy) is 1. The van der Waals surface area contributed by atoms with Crippen molar-refractivity contribution >= 4 is 38.8 Å². The van der Waals surface area contributed by atoms with E-state index in [-0.39, 0.29) is 0 Å². The minimum absolute atomic E-state index is 0.727. The number of rotatable bonds is 4. The highest BCUT2D eigenvalue weighted by atomic mass is 35.5. The molecule has 0 spiro atoms. The highest BCUT2D eigenvalue weighted by Gasteiger charge is 2.11. The zero-order chi connectivity index (χ0) is 17.2. The predicted octanol–water partition coefficient (Wildman–Crippen LogP) is 6.27. The van der Waals surface area contributed by atoms with E-state index in [1.807, 2.05) is 36.4 Å². The van der Waals surface area contributed by atoms with Gasteiger partial charge in [-0.15, -0.1) is 0 Å². The lowest BCUT2D eigenvalue weighted by Gasteiger charge is -2.15. The quantitative estimate of drug-likeness (QED) is 0.439. The van der Waals surface area contributed by atoms with Gasteiger partial charge in [-0.05, 0) is 40.6 Å². The zero-order valence-corrected chi connectivity index (χ0v) is 14.7. The van der Waals surface area contributed by atoms with Crippen LogP contribution in [0, 0.1) is 0 Å². The first-order chi connectivity index (χ1) is 12.3. The molecule has 0 fully saturated rings. The summed E-state index contributed by atoms with van der Waals surface area (Å²) in [6.07, 6.45) is 0. The molecule has 0 atom stereocenters. The molecule has 0 unspecified atom stereocenters. The first kappa shape index (κ1) is 15.8. The van der Waals surface area contributed by atoms with Crippen LogP contribution in [-0.4, -0.2) is 7.11 Å². The van der Waals surface area contributed by atoms with Gasteiger partial charge in [0.05, 0.1) is 12.1 Å². The van der Waals surface area contributed by atoms with Crippen LogP contribution in [0.25, 0.3) is 21.5 Å². The van der Waals surface area contributed by atoms with E-state index in [1.54, 1.807) is 7.11 Å². The smallest absolute Gasteiger partial charge is 0.119 e. The van der Waals surface area contributed by atoms with Crippen molar-refractivity contribution in [3.8, 4) is 5.75 Å². The summed E-state index contributed by atoms with van der Waals surface area (Å²) in [7, 11) is 1.68. The van der Waals surface area contributed by atoms with Gasteiger partial charge in [0.1, 0.15) is 5.75 Å². The van der Waals surface area contributed by atoms with E-state index in [1.165, 1.54) is 16.3 Å². The van der Waals surface area contributed by atoms with Gasteiger partial charge in [0.25, 0.3) is 0 Å². The highest BCUT2D eigenvalue weighted by molar-refractivity contribution is 6.41. The molecule has 1 N–H and O–H groups in total. The highest BCUT2D eigenvalue weighted by Crippen LogP contribution is 2.36. The molecule has 0 saturated carbocycles. The second-order valence-electron chi connectivity index (χ2n) is 5.97. The van der Waals surface area contributed by atoms with Gasteiger partial charge in [-0.3, -0.25) is 0 Å². The standard InChI is InChI=1S/C22H18ClNO/c1-25-16-12-10-15(11-13-16)24-14-21-17-6-2-4-8-19(17)22(23)20-9-5-3-7-18(20)21/h2-13,24H,14H2,1H3. The van der Waals surface area contributed by atoms with Gasteiger partial charge in [0, 0.05) is 23.0 Å². The van der Waals surface area contributed by atoms with E-state index >= 15 is 0 Å². The Hall–Kier alpha value is -2.71. The monoisotopic (exact) mass is 347 g/mol. The number of nitrogens with one attached hydrogen (secondary N) is 1. The average Bonchev–Trinajstić information content (AvgIpc) is 2.68. The lowest BCUT2D eigenvalue weighted by atomic mass is 9.96. The molecular formula is C22H18ClNO. The van der Waals surface area contributed by atoms with Gasteiger partial charge < -0.3 is 10.1 Å². The summed E-state index contributed by atoms with van der Waals surface area (Å²) in [6, 6.07) is 24.6. The predicted molar refractivity (Wildman–Crippen MR) is 107 cm³/mol. The van der Waals surface area contributed by atoms with Crippen molar-refractivity contribution in [1.29, 1.82) is 0 Å². The SMILES string of the molecule is COc1ccc(NCc2c3ccccc3c(Cl)c3ccccc23)cc1. The topological polar surface area (TPSA) is 21.3 Å². The maximum absolute atomic E-state index is 6.66. The Balaban J connectivity index is 1.80. The van der Waals surface area contributed by atoms with Crippen molar-refractivity contribution in [2.75, 3.05) is 12.4 Å². The summed E-state index contributed by atoms with van der Waals surface area (Å²) in [5, 5.41) is 8.89. The van der Waals surface area contributed by atoms with Crippen LogP contribution in [0.5, 0.6) is 5.75 Å². The number of anilines is 1. The molecule has 0 aliphatic carbocycles. The number of benzene rings is 4. The third-order valence-corrected chi connectivity index (χ3v) is 4.94. The molecule has 4 rings (SSSR count). The molecule has 0 radical (unpaired) electrons. The lowest BCUT2D eigenvalue weighted by Crippen LogP contribution is -2.01. The molecule has 4 aromatic rings. The molecule has 4 aromatic carbocycles. The summed E-state index contributed by atoms with van der Waals surface area (Å²) in [6.45, 7) is 0.727. The van der Waals surface area contributed by atoms with E-state index < -0.39 is 0 Å². The summed E-state index contributed by atoms with van der Waals surface area (Å²) in [5.74, 6) is 0.855. The molecule has 2 nitrogen and oxygen atoms in total. The summed E-state index contributed by atoms with van der Waals surface area (Å²) in [5.41, 5.74) is 2.32. The molecule has 0 aliphatic heterocycles. The molecule has 0 saturated heterocycles. The Bertz CT molecular complexity index is 984. The van der Waals surface area contributed by atoms with Crippen LogP contribution in [0.15, 0.2) is 72.8 Å². The van der Waals surface area contributed by atoms with Crippen molar-refractivity contribution in [1.82, 2.24) is 0 Å². The second-order valence-corrected chi connectivity index (χ2v) is 6.34. The summed E-state index contributed by atoms with van der Waals surface area (Å²) >= 11 is 6.66. The molecule has 124 valence electrons. The Morgan fingerprint density at radius 1 is 0.760 bits per heavy atom. The zero-order valence-electron chi connectivity index (χ0n) is 13.9. The Labute approximate surface area is 152 Å². The fraction of sp³-hybridized carbons (Fsp3) is 0.0909. The van der Waals surface area contributed by atoms with E-state index in [9.17, 15) is 0 Å². The lowest BCUT2D eigenvalue weighted by molar-refractivity contribution is 0.415. The number of fused-ring (bicyclic) bond motifs is 2. The van der Waals surface area contributed by atoms with Gasteiger partial charge in [-0.25, -0.2) is 0 Å². The third-order valence-electron chi connectivity index (χ3n) is 4.54. The summed E-state index contributed by atoms with van der Waals surface area (Å²) < 4.78 is 5.22. The van der Waals surface area contributed by atoms with E-state index in [0.29, 0.717) is 0 Å². The van der Waals surface area contributed by atoms with E-state index in [4.69, 9.17) is 16.3 Å². The molecule has 0 aliphatic rings. The van der Waals surface area contributed by atoms with Crippen LogP contribution >= 0.6 is 11.6 Å². The van der Waals surface area contributed by atoms with Gasteiger partial charge in [0.15, 0.2) is 0 Å². The largest absolute Gasteiger partial charge is 0.497 e. The maximum Gasteiger partial charge on any atom is 0.119 e. The summed E-state index contributed by atoms with van der Waals surface area (Å²) in [4.78, 5) is 0. The number of hydrogen-bond acceptors (Lipinski definition) is 2. The van der Waals surface area contributed by atoms with Gasteiger partial charge in [0.2, 0.25) is 0 Å². The first-order valence-corrected chi connectivity index (χ1v) is 8.61. The number of hydrogen-bond donors (Lipinski definition) is 1. The normalized spacial score (nSPS) is 11.0. The maximum atomic E-state index is 6.66. The molecule has 0 heterocycles. The van der Waals surface area contributed by atoms with Crippen LogP contribution < -0.4 is 10.1 Å². The third kappa shape index (κ3) is 2.90. The van der Waals surface area contributed by atoms with Crippen LogP contribution in [0.3, 0.4) is 0 Å². The fourth-order valence-corrected chi connectivity index (χ4v) is 3.58. The first-order valence-electron chi connectivity index (χ1n) is 8.23. The van der Waals surface area contributed by atoms with E-state index in [0.717, 1.165) is 33.8 Å². The van der Waals surface area contributed by atoms with Crippen LogP contribution in [0.2, 0.25) is 5.02 Å². The minimum Gasteiger partial charge on any atom is -0.497 e. The van der Waals surface area contributed by atoms with Crippen LogP contribution in [0.4, 0.5) is 5.69 Å². The van der Waals surface area contributed by atoms with Gasteiger partial charge in [-0.1, -0.05) is 60.1 Å². The van der Waals surface area contributed by atoms with Gasteiger partial charge >= 0.3 is 0 Å².